The van der Waals surface area contributed by atoms with Gasteiger partial charge in [-0.15, -0.1) is 0 Å². The molecule has 0 bridgehead atoms. The number of nitrogens with one attached hydrogen (secondary N) is 1. The van der Waals surface area contributed by atoms with Crippen molar-refractivity contribution in [3.63, 3.8) is 0 Å². The minimum Gasteiger partial charge on any atom is -0.545 e. The molecule has 30 heavy (non-hydrogen) atoms. The third-order valence-electron chi connectivity index (χ3n) is 5.15. The third-order valence-corrected chi connectivity index (χ3v) is 6.26. The van der Waals surface area contributed by atoms with Crippen LogP contribution in [0.5, 0.6) is 0 Å². The summed E-state index contributed by atoms with van der Waals surface area (Å²) in [4.78, 5) is 43.7. The van der Waals surface area contributed by atoms with Crippen molar-refractivity contribution in [1.29, 1.82) is 0 Å². The highest BCUT2D eigenvalue weighted by Gasteiger charge is 2.28. The predicted molar refractivity (Wildman–Crippen MR) is 110 cm³/mol. The summed E-state index contributed by atoms with van der Waals surface area (Å²) in [7, 11) is 0. The van der Waals surface area contributed by atoms with E-state index in [0.717, 1.165) is 11.1 Å². The first-order valence-electron chi connectivity index (χ1n) is 9.19. The fraction of sp³-hybridized carbons (Fsp3) is 0.143. The Morgan fingerprint density at radius 1 is 1.20 bits per heavy atom. The summed E-state index contributed by atoms with van der Waals surface area (Å²) >= 11 is 1.19. The Morgan fingerprint density at radius 2 is 2.03 bits per heavy atom. The SMILES string of the molecule is Cc1ccc2c(c1)/C(=c1/sc3n(c1=O)CN(c1cccc(C(=O)[O-])c1)CN=3)C(=O)N2. The molecule has 0 aliphatic carbocycles. The van der Waals surface area contributed by atoms with E-state index in [0.29, 0.717) is 26.3 Å². The van der Waals surface area contributed by atoms with Crippen molar-refractivity contribution in [2.45, 2.75) is 13.6 Å². The average molecular weight is 419 g/mol. The zero-order valence-electron chi connectivity index (χ0n) is 15.8. The van der Waals surface area contributed by atoms with Crippen LogP contribution in [0.2, 0.25) is 0 Å². The molecule has 3 heterocycles. The Hall–Kier alpha value is -3.72. The Kier molecular flexibility index (Phi) is 4.07. The first-order valence-corrected chi connectivity index (χ1v) is 10.0. The van der Waals surface area contributed by atoms with Crippen molar-refractivity contribution in [2.24, 2.45) is 4.99 Å². The Bertz CT molecular complexity index is 1420. The summed E-state index contributed by atoms with van der Waals surface area (Å²) in [5.74, 6) is -1.57. The van der Waals surface area contributed by atoms with Crippen molar-refractivity contribution in [2.75, 3.05) is 16.9 Å². The lowest BCUT2D eigenvalue weighted by molar-refractivity contribution is -0.255. The molecule has 150 valence electrons. The van der Waals surface area contributed by atoms with Gasteiger partial charge >= 0.3 is 0 Å². The van der Waals surface area contributed by atoms with E-state index in [1.807, 2.05) is 25.1 Å². The maximum absolute atomic E-state index is 13.2. The van der Waals surface area contributed by atoms with E-state index in [2.05, 4.69) is 10.3 Å². The normalized spacial score (nSPS) is 16.6. The van der Waals surface area contributed by atoms with Crippen molar-refractivity contribution in [1.82, 2.24) is 4.57 Å². The number of hydrogen-bond acceptors (Lipinski definition) is 7. The molecule has 0 radical (unpaired) electrons. The second-order valence-electron chi connectivity index (χ2n) is 7.14. The van der Waals surface area contributed by atoms with Gasteiger partial charge in [-0.2, -0.15) is 0 Å². The van der Waals surface area contributed by atoms with Crippen molar-refractivity contribution >= 4 is 40.2 Å². The fourth-order valence-electron chi connectivity index (χ4n) is 3.66. The maximum Gasteiger partial charge on any atom is 0.272 e. The third kappa shape index (κ3) is 2.82. The maximum atomic E-state index is 13.2. The molecule has 1 amide bonds. The lowest BCUT2D eigenvalue weighted by Gasteiger charge is -2.26. The Labute approximate surface area is 174 Å². The number of amides is 1. The first kappa shape index (κ1) is 18.3. The summed E-state index contributed by atoms with van der Waals surface area (Å²) in [6.07, 6.45) is 0. The van der Waals surface area contributed by atoms with E-state index in [1.165, 1.54) is 28.0 Å². The van der Waals surface area contributed by atoms with Gasteiger partial charge in [-0.3, -0.25) is 14.2 Å². The van der Waals surface area contributed by atoms with E-state index in [-0.39, 0.29) is 30.4 Å². The quantitative estimate of drug-likeness (QED) is 0.619. The minimum absolute atomic E-state index is 0.0572. The molecule has 0 spiro atoms. The predicted octanol–water partition coefficient (Wildman–Crippen LogP) is -0.212. The molecule has 0 saturated heterocycles. The molecular formula is C21H15N4O4S-. The molecule has 0 unspecified atom stereocenters. The number of anilines is 2. The van der Waals surface area contributed by atoms with Crippen LogP contribution in [-0.2, 0) is 11.5 Å². The van der Waals surface area contributed by atoms with Crippen LogP contribution in [0.15, 0.2) is 52.3 Å². The van der Waals surface area contributed by atoms with Gasteiger partial charge in [0.15, 0.2) is 4.80 Å². The van der Waals surface area contributed by atoms with Crippen LogP contribution in [0.25, 0.3) is 5.57 Å². The Balaban J connectivity index is 1.62. The van der Waals surface area contributed by atoms with Crippen LogP contribution in [0.3, 0.4) is 0 Å². The topological polar surface area (TPSA) is 107 Å². The number of rotatable bonds is 2. The van der Waals surface area contributed by atoms with Gasteiger partial charge in [-0.1, -0.05) is 35.1 Å². The van der Waals surface area contributed by atoms with Gasteiger partial charge in [-0.05, 0) is 36.8 Å². The molecular weight excluding hydrogens is 404 g/mol. The molecule has 0 fully saturated rings. The molecule has 2 aliphatic heterocycles. The average Bonchev–Trinajstić information content (AvgIpc) is 3.23. The first-order chi connectivity index (χ1) is 14.4. The standard InChI is InChI=1S/C21H16N4O4S/c1-11-5-6-15-14(7-11)16(18(26)23-15)17-19(27)25-10-24(9-22-21(25)30-17)13-4-2-3-12(8-13)20(28)29/h2-8H,9-10H2,1H3,(H,23,26)(H,28,29)/p-1/b17-16-. The number of carboxylic acids is 1. The highest BCUT2D eigenvalue weighted by molar-refractivity contribution is 7.07. The van der Waals surface area contributed by atoms with Gasteiger partial charge in [0, 0.05) is 16.9 Å². The fourth-order valence-corrected chi connectivity index (χ4v) is 4.72. The number of aryl methyl sites for hydroxylation is 1. The second-order valence-corrected chi connectivity index (χ2v) is 8.12. The van der Waals surface area contributed by atoms with Gasteiger partial charge < -0.3 is 20.1 Å². The number of hydrogen-bond donors (Lipinski definition) is 1. The summed E-state index contributed by atoms with van der Waals surface area (Å²) in [5.41, 5.74) is 3.15. The highest BCUT2D eigenvalue weighted by Crippen LogP contribution is 2.30. The molecule has 3 aromatic rings. The number of carbonyl (C=O) groups excluding carboxylic acids is 2. The van der Waals surface area contributed by atoms with Gasteiger partial charge in [0.2, 0.25) is 0 Å². The lowest BCUT2D eigenvalue weighted by Crippen LogP contribution is -2.43. The summed E-state index contributed by atoms with van der Waals surface area (Å²) < 4.78 is 1.85. The van der Waals surface area contributed by atoms with Gasteiger partial charge in [0.05, 0.1) is 11.5 Å². The molecule has 1 N–H and O–H groups in total. The molecule has 0 saturated carbocycles. The molecule has 5 rings (SSSR count). The van der Waals surface area contributed by atoms with Crippen molar-refractivity contribution in [3.8, 4) is 0 Å². The number of aromatic nitrogens is 1. The lowest BCUT2D eigenvalue weighted by atomic mass is 10.1. The van der Waals surface area contributed by atoms with Gasteiger partial charge in [0.1, 0.15) is 17.9 Å². The molecule has 2 aliphatic rings. The molecule has 9 heteroatoms. The number of fused-ring (bicyclic) bond motifs is 2. The van der Waals surface area contributed by atoms with Crippen LogP contribution >= 0.6 is 11.3 Å². The van der Waals surface area contributed by atoms with Crippen LogP contribution < -0.4 is 30.2 Å². The number of nitrogens with zero attached hydrogens (tertiary/aromatic N) is 3. The van der Waals surface area contributed by atoms with E-state index in [1.54, 1.807) is 17.0 Å². The zero-order valence-corrected chi connectivity index (χ0v) is 16.7. The Morgan fingerprint density at radius 3 is 2.83 bits per heavy atom. The van der Waals surface area contributed by atoms with E-state index in [4.69, 9.17) is 0 Å². The van der Waals surface area contributed by atoms with Gasteiger partial charge in [-0.25, -0.2) is 4.99 Å². The molecule has 1 aromatic heterocycles. The van der Waals surface area contributed by atoms with Crippen LogP contribution in [0, 0.1) is 6.92 Å². The van der Waals surface area contributed by atoms with Crippen LogP contribution in [0.4, 0.5) is 11.4 Å². The minimum atomic E-state index is -1.26. The van der Waals surface area contributed by atoms with Crippen molar-refractivity contribution < 1.29 is 14.7 Å². The second kappa shape index (κ2) is 6.67. The number of benzene rings is 2. The highest BCUT2D eigenvalue weighted by atomic mass is 32.1. The summed E-state index contributed by atoms with van der Waals surface area (Å²) in [5, 5.41) is 14.0. The number of thiazole rings is 1. The number of carboxylic acid groups (broad SMARTS) is 1. The largest absolute Gasteiger partial charge is 0.545 e. The molecule has 8 nitrogen and oxygen atoms in total. The van der Waals surface area contributed by atoms with E-state index >= 15 is 0 Å². The summed E-state index contributed by atoms with van der Waals surface area (Å²) in [6, 6.07) is 11.9. The smallest absolute Gasteiger partial charge is 0.272 e. The molecule has 0 atom stereocenters. The van der Waals surface area contributed by atoms with E-state index in [9.17, 15) is 19.5 Å². The molecule has 2 aromatic carbocycles. The van der Waals surface area contributed by atoms with Crippen LogP contribution in [0.1, 0.15) is 21.5 Å². The number of carbonyl (C=O) groups is 2. The summed E-state index contributed by atoms with van der Waals surface area (Å²) in [6.45, 7) is 2.41. The van der Waals surface area contributed by atoms with E-state index < -0.39 is 5.97 Å². The van der Waals surface area contributed by atoms with Gasteiger partial charge in [0.25, 0.3) is 11.5 Å². The zero-order chi connectivity index (χ0) is 21.0. The van der Waals surface area contributed by atoms with Crippen LogP contribution in [-0.4, -0.2) is 23.1 Å². The monoisotopic (exact) mass is 419 g/mol. The number of aromatic carboxylic acids is 1. The van der Waals surface area contributed by atoms with Crippen molar-refractivity contribution in [3.05, 3.63) is 78.8 Å².